The average Bonchev–Trinajstić information content (AvgIpc) is 3.12. The quantitative estimate of drug-likeness (QED) is 0.701. The molecule has 2 rings (SSSR count). The van der Waals surface area contributed by atoms with Crippen molar-refractivity contribution in [3.63, 3.8) is 0 Å². The Bertz CT molecular complexity index is 257. The van der Waals surface area contributed by atoms with Crippen LogP contribution in [0.25, 0.3) is 0 Å². The van der Waals surface area contributed by atoms with Gasteiger partial charge in [-0.1, -0.05) is 13.8 Å². The summed E-state index contributed by atoms with van der Waals surface area (Å²) < 4.78 is 0. The van der Waals surface area contributed by atoms with Gasteiger partial charge >= 0.3 is 0 Å². The Balaban J connectivity index is 1.67. The van der Waals surface area contributed by atoms with Gasteiger partial charge in [-0.2, -0.15) is 0 Å². The molecule has 2 saturated carbocycles. The summed E-state index contributed by atoms with van der Waals surface area (Å²) in [5.41, 5.74) is 0. The SMILES string of the molecule is CC(C)CCN(C(=O)CNCC1CC1)C1CC1. The van der Waals surface area contributed by atoms with Crippen molar-refractivity contribution < 1.29 is 4.79 Å². The molecule has 0 aromatic carbocycles. The van der Waals surface area contributed by atoms with Gasteiger partial charge in [-0.25, -0.2) is 0 Å². The van der Waals surface area contributed by atoms with E-state index in [0.717, 1.165) is 25.4 Å². The maximum absolute atomic E-state index is 12.1. The van der Waals surface area contributed by atoms with Gasteiger partial charge in [0.1, 0.15) is 0 Å². The number of hydrogen-bond acceptors (Lipinski definition) is 2. The highest BCUT2D eigenvalue weighted by molar-refractivity contribution is 5.78. The molecule has 17 heavy (non-hydrogen) atoms. The van der Waals surface area contributed by atoms with Crippen molar-refractivity contribution in [3.8, 4) is 0 Å². The molecule has 0 aliphatic heterocycles. The molecule has 1 N–H and O–H groups in total. The lowest BCUT2D eigenvalue weighted by atomic mass is 10.1. The fourth-order valence-electron chi connectivity index (χ4n) is 2.10. The fraction of sp³-hybridized carbons (Fsp3) is 0.929. The van der Waals surface area contributed by atoms with Gasteiger partial charge in [-0.15, -0.1) is 0 Å². The third-order valence-corrected chi connectivity index (χ3v) is 3.66. The van der Waals surface area contributed by atoms with E-state index in [1.165, 1.54) is 25.7 Å². The van der Waals surface area contributed by atoms with E-state index in [2.05, 4.69) is 24.1 Å². The molecule has 0 saturated heterocycles. The molecule has 98 valence electrons. The molecule has 0 heterocycles. The molecule has 2 aliphatic carbocycles. The minimum absolute atomic E-state index is 0.314. The van der Waals surface area contributed by atoms with Gasteiger partial charge in [-0.3, -0.25) is 4.79 Å². The smallest absolute Gasteiger partial charge is 0.236 e. The van der Waals surface area contributed by atoms with Gasteiger partial charge in [0.05, 0.1) is 6.54 Å². The van der Waals surface area contributed by atoms with Crippen LogP contribution >= 0.6 is 0 Å². The summed E-state index contributed by atoms with van der Waals surface area (Å²) in [6.07, 6.45) is 6.26. The van der Waals surface area contributed by atoms with Crippen LogP contribution < -0.4 is 5.32 Å². The van der Waals surface area contributed by atoms with Gasteiger partial charge < -0.3 is 10.2 Å². The first-order valence-electron chi connectivity index (χ1n) is 7.17. The van der Waals surface area contributed by atoms with E-state index in [9.17, 15) is 4.79 Å². The zero-order valence-corrected chi connectivity index (χ0v) is 11.2. The predicted octanol–water partition coefficient (Wildman–Crippen LogP) is 2.02. The molecule has 0 radical (unpaired) electrons. The standard InChI is InChI=1S/C14H26N2O/c1-11(2)7-8-16(13-5-6-13)14(17)10-15-9-12-3-4-12/h11-13,15H,3-10H2,1-2H3. The summed E-state index contributed by atoms with van der Waals surface area (Å²) in [4.78, 5) is 14.2. The summed E-state index contributed by atoms with van der Waals surface area (Å²) in [7, 11) is 0. The Morgan fingerprint density at radius 3 is 2.53 bits per heavy atom. The highest BCUT2D eigenvalue weighted by Crippen LogP contribution is 2.28. The lowest BCUT2D eigenvalue weighted by molar-refractivity contribution is -0.131. The molecular formula is C14H26N2O. The number of rotatable bonds is 8. The predicted molar refractivity (Wildman–Crippen MR) is 69.8 cm³/mol. The molecule has 1 amide bonds. The van der Waals surface area contributed by atoms with E-state index in [1.54, 1.807) is 0 Å². The highest BCUT2D eigenvalue weighted by atomic mass is 16.2. The number of amides is 1. The van der Waals surface area contributed by atoms with Gasteiger partial charge in [0.25, 0.3) is 0 Å². The number of nitrogens with one attached hydrogen (secondary N) is 1. The van der Waals surface area contributed by atoms with E-state index in [-0.39, 0.29) is 0 Å². The summed E-state index contributed by atoms with van der Waals surface area (Å²) in [5.74, 6) is 1.85. The van der Waals surface area contributed by atoms with E-state index < -0.39 is 0 Å². The summed E-state index contributed by atoms with van der Waals surface area (Å²) in [6, 6.07) is 0.559. The van der Waals surface area contributed by atoms with Crippen molar-refractivity contribution in [2.24, 2.45) is 11.8 Å². The highest BCUT2D eigenvalue weighted by Gasteiger charge is 2.32. The molecule has 0 unspecified atom stereocenters. The zero-order valence-electron chi connectivity index (χ0n) is 11.2. The van der Waals surface area contributed by atoms with Crippen LogP contribution in [0.1, 0.15) is 46.0 Å². The molecule has 0 atom stereocenters. The first-order valence-corrected chi connectivity index (χ1v) is 7.17. The molecule has 3 heteroatoms. The summed E-state index contributed by atoms with van der Waals surface area (Å²) in [6.45, 7) is 6.98. The lowest BCUT2D eigenvalue weighted by Gasteiger charge is -2.23. The largest absolute Gasteiger partial charge is 0.339 e. The van der Waals surface area contributed by atoms with Crippen LogP contribution in [0.2, 0.25) is 0 Å². The maximum atomic E-state index is 12.1. The second-order valence-corrected chi connectivity index (χ2v) is 6.08. The van der Waals surface area contributed by atoms with E-state index >= 15 is 0 Å². The third kappa shape index (κ3) is 4.66. The Morgan fingerprint density at radius 2 is 2.00 bits per heavy atom. The first kappa shape index (κ1) is 12.9. The topological polar surface area (TPSA) is 32.3 Å². The Hall–Kier alpha value is -0.570. The van der Waals surface area contributed by atoms with Gasteiger partial charge in [0.2, 0.25) is 5.91 Å². The average molecular weight is 238 g/mol. The molecule has 0 spiro atoms. The van der Waals surface area contributed by atoms with Crippen LogP contribution in [0.5, 0.6) is 0 Å². The van der Waals surface area contributed by atoms with E-state index in [1.807, 2.05) is 0 Å². The first-order chi connectivity index (χ1) is 8.16. The number of hydrogen-bond donors (Lipinski definition) is 1. The van der Waals surface area contributed by atoms with Crippen LogP contribution in [-0.2, 0) is 4.79 Å². The van der Waals surface area contributed by atoms with Crippen LogP contribution in [0, 0.1) is 11.8 Å². The van der Waals surface area contributed by atoms with Crippen molar-refractivity contribution in [3.05, 3.63) is 0 Å². The van der Waals surface area contributed by atoms with Crippen molar-refractivity contribution in [1.29, 1.82) is 0 Å². The number of carbonyl (C=O) groups excluding carboxylic acids is 1. The fourth-order valence-corrected chi connectivity index (χ4v) is 2.10. The van der Waals surface area contributed by atoms with Crippen molar-refractivity contribution in [1.82, 2.24) is 10.2 Å². The Labute approximate surface area is 105 Å². The van der Waals surface area contributed by atoms with Crippen molar-refractivity contribution in [2.75, 3.05) is 19.6 Å². The molecule has 0 bridgehead atoms. The second-order valence-electron chi connectivity index (χ2n) is 6.08. The van der Waals surface area contributed by atoms with Crippen LogP contribution in [-0.4, -0.2) is 36.5 Å². The normalized spacial score (nSPS) is 19.7. The molecule has 0 aromatic heterocycles. The minimum Gasteiger partial charge on any atom is -0.339 e. The monoisotopic (exact) mass is 238 g/mol. The third-order valence-electron chi connectivity index (χ3n) is 3.66. The van der Waals surface area contributed by atoms with Crippen molar-refractivity contribution in [2.45, 2.75) is 52.0 Å². The maximum Gasteiger partial charge on any atom is 0.236 e. The Kier molecular flexibility index (Phi) is 4.43. The Morgan fingerprint density at radius 1 is 1.29 bits per heavy atom. The summed E-state index contributed by atoms with van der Waals surface area (Å²) in [5, 5.41) is 3.31. The van der Waals surface area contributed by atoms with Crippen LogP contribution in [0.4, 0.5) is 0 Å². The molecule has 2 aliphatic rings. The van der Waals surface area contributed by atoms with Crippen LogP contribution in [0.3, 0.4) is 0 Å². The molecule has 2 fully saturated rings. The number of carbonyl (C=O) groups is 1. The number of nitrogens with zero attached hydrogens (tertiary/aromatic N) is 1. The van der Waals surface area contributed by atoms with Gasteiger partial charge in [0.15, 0.2) is 0 Å². The van der Waals surface area contributed by atoms with Crippen molar-refractivity contribution >= 4 is 5.91 Å². The van der Waals surface area contributed by atoms with Gasteiger partial charge in [-0.05, 0) is 50.5 Å². The van der Waals surface area contributed by atoms with Crippen LogP contribution in [0.15, 0.2) is 0 Å². The van der Waals surface area contributed by atoms with Gasteiger partial charge in [0, 0.05) is 12.6 Å². The van der Waals surface area contributed by atoms with E-state index in [4.69, 9.17) is 0 Å². The molecular weight excluding hydrogens is 212 g/mol. The lowest BCUT2D eigenvalue weighted by Crippen LogP contribution is -2.41. The minimum atomic E-state index is 0.314. The van der Waals surface area contributed by atoms with E-state index in [0.29, 0.717) is 24.4 Å². The molecule has 3 nitrogen and oxygen atoms in total. The zero-order chi connectivity index (χ0) is 12.3. The molecule has 0 aromatic rings. The second kappa shape index (κ2) is 5.85. The summed E-state index contributed by atoms with van der Waals surface area (Å²) >= 11 is 0.